The first-order valence-electron chi connectivity index (χ1n) is 7.93. The summed E-state index contributed by atoms with van der Waals surface area (Å²) in [5.41, 5.74) is 12.8. The van der Waals surface area contributed by atoms with Gasteiger partial charge in [-0.1, -0.05) is 35.3 Å². The van der Waals surface area contributed by atoms with Crippen molar-refractivity contribution < 1.29 is 4.74 Å². The van der Waals surface area contributed by atoms with Crippen molar-refractivity contribution >= 4 is 40.8 Å². The van der Waals surface area contributed by atoms with Crippen LogP contribution in [-0.2, 0) is 6.61 Å². The minimum atomic E-state index is -0.676. The number of hydrogen-bond acceptors (Lipinski definition) is 6. The number of benzene rings is 2. The summed E-state index contributed by atoms with van der Waals surface area (Å²) in [4.78, 5) is 10.1. The molecule has 4 N–H and O–H groups in total. The molecule has 0 atom stereocenters. The summed E-state index contributed by atoms with van der Waals surface area (Å²) in [7, 11) is 0. The maximum atomic E-state index is 6.40. The van der Waals surface area contributed by atoms with E-state index in [1.54, 1.807) is 17.0 Å². The molecule has 0 fully saturated rings. The molecule has 3 rings (SSSR count). The Bertz CT molecular complexity index is 878. The van der Waals surface area contributed by atoms with Gasteiger partial charge >= 0.3 is 0 Å². The van der Waals surface area contributed by atoms with Crippen molar-refractivity contribution in [3.05, 3.63) is 58.1 Å². The average molecular weight is 392 g/mol. The van der Waals surface area contributed by atoms with Gasteiger partial charge in [0.1, 0.15) is 18.0 Å². The number of hydrogen-bond donors (Lipinski definition) is 2. The van der Waals surface area contributed by atoms with Crippen molar-refractivity contribution in [2.24, 2.45) is 21.5 Å². The molecule has 2 aromatic rings. The standard InChI is InChI=1S/C18H19Cl2N5O/c1-18(2)24-16(21)23-17(22)25(18)13-7-8-15(14(20)9-13)26-10-11-3-5-12(19)6-4-11/h3-9H,10H2,1-2H3,(H4,21,22,23,24). The number of anilines is 1. The highest BCUT2D eigenvalue weighted by Gasteiger charge is 2.33. The van der Waals surface area contributed by atoms with E-state index in [9.17, 15) is 0 Å². The number of aliphatic imine (C=N–C) groups is 2. The third kappa shape index (κ3) is 3.86. The molecule has 6 nitrogen and oxygen atoms in total. The second-order valence-electron chi connectivity index (χ2n) is 6.30. The Morgan fingerprint density at radius 1 is 1.08 bits per heavy atom. The predicted molar refractivity (Wildman–Crippen MR) is 107 cm³/mol. The van der Waals surface area contributed by atoms with E-state index in [1.807, 2.05) is 44.2 Å². The lowest BCUT2D eigenvalue weighted by molar-refractivity contribution is 0.306. The van der Waals surface area contributed by atoms with Gasteiger partial charge in [0.2, 0.25) is 11.9 Å². The Morgan fingerprint density at radius 3 is 2.38 bits per heavy atom. The van der Waals surface area contributed by atoms with Crippen LogP contribution in [0.4, 0.5) is 5.69 Å². The Labute approximate surface area is 162 Å². The van der Waals surface area contributed by atoms with Crippen LogP contribution in [0.2, 0.25) is 10.0 Å². The predicted octanol–water partition coefficient (Wildman–Crippen LogP) is 3.76. The first kappa shape index (κ1) is 18.4. The average Bonchev–Trinajstić information content (AvgIpc) is 2.54. The molecule has 136 valence electrons. The Morgan fingerprint density at radius 2 is 1.77 bits per heavy atom. The van der Waals surface area contributed by atoms with Crippen LogP contribution in [0.25, 0.3) is 0 Å². The van der Waals surface area contributed by atoms with E-state index in [2.05, 4.69) is 9.98 Å². The molecule has 0 unspecified atom stereocenters. The molecular formula is C18H19Cl2N5O. The second kappa shape index (κ2) is 7.05. The van der Waals surface area contributed by atoms with E-state index in [0.717, 1.165) is 11.3 Å². The van der Waals surface area contributed by atoms with Gasteiger partial charge < -0.3 is 16.2 Å². The van der Waals surface area contributed by atoms with Crippen molar-refractivity contribution in [2.75, 3.05) is 4.90 Å². The zero-order valence-corrected chi connectivity index (χ0v) is 15.9. The zero-order chi connectivity index (χ0) is 18.9. The summed E-state index contributed by atoms with van der Waals surface area (Å²) in [6.07, 6.45) is 0. The van der Waals surface area contributed by atoms with Gasteiger partial charge in [-0.2, -0.15) is 4.99 Å². The molecule has 1 aliphatic rings. The third-order valence-corrected chi connectivity index (χ3v) is 4.42. The Balaban J connectivity index is 1.79. The summed E-state index contributed by atoms with van der Waals surface area (Å²) in [6.45, 7) is 4.16. The maximum Gasteiger partial charge on any atom is 0.220 e. The molecular weight excluding hydrogens is 373 g/mol. The molecule has 0 spiro atoms. The number of halogens is 2. The smallest absolute Gasteiger partial charge is 0.220 e. The van der Waals surface area contributed by atoms with Crippen LogP contribution in [0.1, 0.15) is 19.4 Å². The van der Waals surface area contributed by atoms with Crippen LogP contribution in [-0.4, -0.2) is 17.6 Å². The minimum Gasteiger partial charge on any atom is -0.487 e. The molecule has 1 aliphatic heterocycles. The summed E-state index contributed by atoms with van der Waals surface area (Å²) in [5.74, 6) is 0.977. The minimum absolute atomic E-state index is 0.151. The summed E-state index contributed by atoms with van der Waals surface area (Å²) in [5, 5.41) is 1.14. The van der Waals surface area contributed by atoms with Crippen LogP contribution < -0.4 is 21.1 Å². The lowest BCUT2D eigenvalue weighted by atomic mass is 10.1. The van der Waals surface area contributed by atoms with Crippen LogP contribution >= 0.6 is 23.2 Å². The second-order valence-corrected chi connectivity index (χ2v) is 7.14. The van der Waals surface area contributed by atoms with Gasteiger partial charge in [-0.25, -0.2) is 4.99 Å². The largest absolute Gasteiger partial charge is 0.487 e. The lowest BCUT2D eigenvalue weighted by Gasteiger charge is -2.38. The van der Waals surface area contributed by atoms with Gasteiger partial charge in [0.15, 0.2) is 0 Å². The van der Waals surface area contributed by atoms with Crippen molar-refractivity contribution in [1.82, 2.24) is 0 Å². The van der Waals surface area contributed by atoms with E-state index in [0.29, 0.717) is 22.4 Å². The molecule has 0 amide bonds. The maximum absolute atomic E-state index is 6.40. The molecule has 0 bridgehead atoms. The number of nitrogens with two attached hydrogens (primary N) is 2. The van der Waals surface area contributed by atoms with Gasteiger partial charge in [-0.3, -0.25) is 4.90 Å². The van der Waals surface area contributed by atoms with E-state index >= 15 is 0 Å². The number of rotatable bonds is 4. The highest BCUT2D eigenvalue weighted by molar-refractivity contribution is 6.32. The van der Waals surface area contributed by atoms with Crippen molar-refractivity contribution in [2.45, 2.75) is 26.1 Å². The van der Waals surface area contributed by atoms with Crippen molar-refractivity contribution in [3.8, 4) is 5.75 Å². The van der Waals surface area contributed by atoms with Gasteiger partial charge in [-0.15, -0.1) is 0 Å². The summed E-state index contributed by atoms with van der Waals surface area (Å²) < 4.78 is 5.80. The Kier molecular flexibility index (Phi) is 4.98. The number of ether oxygens (including phenoxy) is 1. The highest BCUT2D eigenvalue weighted by Crippen LogP contribution is 2.34. The van der Waals surface area contributed by atoms with Crippen LogP contribution in [0.15, 0.2) is 52.4 Å². The number of nitrogens with zero attached hydrogens (tertiary/aromatic N) is 3. The quantitative estimate of drug-likeness (QED) is 0.829. The molecule has 0 saturated carbocycles. The Hall–Kier alpha value is -2.44. The van der Waals surface area contributed by atoms with E-state index in [4.69, 9.17) is 39.4 Å². The van der Waals surface area contributed by atoms with Crippen molar-refractivity contribution in [1.29, 1.82) is 0 Å². The monoisotopic (exact) mass is 391 g/mol. The molecule has 0 saturated heterocycles. The van der Waals surface area contributed by atoms with Crippen LogP contribution in [0.3, 0.4) is 0 Å². The topological polar surface area (TPSA) is 89.2 Å². The van der Waals surface area contributed by atoms with E-state index in [-0.39, 0.29) is 11.9 Å². The van der Waals surface area contributed by atoms with E-state index < -0.39 is 5.66 Å². The van der Waals surface area contributed by atoms with Gasteiger partial charge in [0.25, 0.3) is 0 Å². The summed E-state index contributed by atoms with van der Waals surface area (Å²) in [6, 6.07) is 12.8. The molecule has 1 heterocycles. The SMILES string of the molecule is CC1(C)N=C(N)N=C(N)N1c1ccc(OCc2ccc(Cl)cc2)c(Cl)c1. The highest BCUT2D eigenvalue weighted by atomic mass is 35.5. The molecule has 26 heavy (non-hydrogen) atoms. The fourth-order valence-electron chi connectivity index (χ4n) is 2.74. The first-order valence-corrected chi connectivity index (χ1v) is 8.68. The fraction of sp³-hybridized carbons (Fsp3) is 0.222. The summed E-state index contributed by atoms with van der Waals surface area (Å²) >= 11 is 12.3. The fourth-order valence-corrected chi connectivity index (χ4v) is 3.09. The number of guanidine groups is 2. The van der Waals surface area contributed by atoms with Crippen molar-refractivity contribution in [3.63, 3.8) is 0 Å². The van der Waals surface area contributed by atoms with Gasteiger partial charge in [0, 0.05) is 10.7 Å². The third-order valence-electron chi connectivity index (χ3n) is 3.87. The first-order chi connectivity index (χ1) is 12.3. The van der Waals surface area contributed by atoms with Crippen LogP contribution in [0.5, 0.6) is 5.75 Å². The van der Waals surface area contributed by atoms with E-state index in [1.165, 1.54) is 0 Å². The van der Waals surface area contributed by atoms with Crippen LogP contribution in [0, 0.1) is 0 Å². The zero-order valence-electron chi connectivity index (χ0n) is 14.4. The molecule has 0 aliphatic carbocycles. The molecule has 8 heteroatoms. The van der Waals surface area contributed by atoms with Gasteiger partial charge in [0.05, 0.1) is 5.02 Å². The molecule has 0 aromatic heterocycles. The van der Waals surface area contributed by atoms with Gasteiger partial charge in [-0.05, 0) is 49.7 Å². The molecule has 0 radical (unpaired) electrons. The lowest BCUT2D eigenvalue weighted by Crippen LogP contribution is -2.54. The molecule has 2 aromatic carbocycles. The normalized spacial score (nSPS) is 16.1.